The van der Waals surface area contributed by atoms with Crippen LogP contribution in [-0.4, -0.2) is 42.1 Å². The number of anilines is 1. The third kappa shape index (κ3) is 7.44. The first-order chi connectivity index (χ1) is 23.0. The Labute approximate surface area is 294 Å². The summed E-state index contributed by atoms with van der Waals surface area (Å²) in [6.07, 6.45) is 1.52. The molecular weight excluding hydrogens is 747 g/mol. The summed E-state index contributed by atoms with van der Waals surface area (Å²) in [7, 11) is 1.47. The highest BCUT2D eigenvalue weighted by molar-refractivity contribution is 9.13. The summed E-state index contributed by atoms with van der Waals surface area (Å²) < 4.78 is 33.1. The second kappa shape index (κ2) is 15.1. The van der Waals surface area contributed by atoms with E-state index in [0.717, 1.165) is 22.4 Å². The Kier molecular flexibility index (Phi) is 11.0. The number of aryl methyl sites for hydroxylation is 1. The number of methoxy groups -OCH3 is 1. The van der Waals surface area contributed by atoms with Gasteiger partial charge in [-0.3, -0.25) is 9.59 Å². The molecule has 1 heterocycles. The van der Waals surface area contributed by atoms with Gasteiger partial charge in [-0.05, 0) is 111 Å². The molecule has 9 nitrogen and oxygen atoms in total. The van der Waals surface area contributed by atoms with Crippen molar-refractivity contribution in [3.63, 3.8) is 0 Å². The molecule has 48 heavy (non-hydrogen) atoms. The minimum Gasteiger partial charge on any atom is -0.494 e. The molecule has 0 aliphatic heterocycles. The molecule has 0 atom stereocenters. The third-order valence-corrected chi connectivity index (χ3v) is 9.56. The normalized spacial score (nSPS) is 11.4. The van der Waals surface area contributed by atoms with E-state index >= 15 is 0 Å². The Morgan fingerprint density at radius 1 is 1.04 bits per heavy atom. The summed E-state index contributed by atoms with van der Waals surface area (Å²) in [4.78, 5) is 31.4. The molecule has 5 rings (SSSR count). The fourth-order valence-electron chi connectivity index (χ4n) is 5.08. The lowest BCUT2D eigenvalue weighted by atomic mass is 9.96. The summed E-state index contributed by atoms with van der Waals surface area (Å²) in [6, 6.07) is 18.4. The van der Waals surface area contributed by atoms with Crippen LogP contribution in [0.2, 0.25) is 0 Å². The summed E-state index contributed by atoms with van der Waals surface area (Å²) in [5.41, 5.74) is 3.69. The van der Waals surface area contributed by atoms with Crippen molar-refractivity contribution < 1.29 is 23.4 Å². The molecule has 0 unspecified atom stereocenters. The summed E-state index contributed by atoms with van der Waals surface area (Å²) in [6.45, 7) is 8.23. The molecular formula is C36H33Br2FN4O5. The first-order valence-electron chi connectivity index (χ1n) is 15.1. The number of fused-ring (bicyclic) bond motifs is 1. The Balaban J connectivity index is 1.54. The number of ether oxygens (including phenoxy) is 3. The quantitative estimate of drug-likeness (QED) is 0.135. The zero-order chi connectivity index (χ0) is 34.5. The van der Waals surface area contributed by atoms with Gasteiger partial charge in [-0.15, -0.1) is 0 Å². The van der Waals surface area contributed by atoms with E-state index in [1.165, 1.54) is 36.2 Å². The number of para-hydroxylation sites is 1. The van der Waals surface area contributed by atoms with Crippen LogP contribution in [0.25, 0.3) is 22.3 Å². The maximum atomic E-state index is 13.9. The van der Waals surface area contributed by atoms with E-state index < -0.39 is 11.7 Å². The van der Waals surface area contributed by atoms with Crippen molar-refractivity contribution in [2.24, 2.45) is 5.10 Å². The van der Waals surface area contributed by atoms with Crippen molar-refractivity contribution in [1.82, 2.24) is 9.66 Å². The second-order valence-electron chi connectivity index (χ2n) is 11.1. The first-order valence-corrected chi connectivity index (χ1v) is 16.7. The van der Waals surface area contributed by atoms with Crippen LogP contribution in [0.3, 0.4) is 0 Å². The highest BCUT2D eigenvalue weighted by Gasteiger charge is 2.21. The minimum absolute atomic E-state index is 0.156. The van der Waals surface area contributed by atoms with Gasteiger partial charge in [-0.2, -0.15) is 9.78 Å². The molecule has 12 heteroatoms. The Bertz CT molecular complexity index is 2100. The largest absolute Gasteiger partial charge is 0.494 e. The van der Waals surface area contributed by atoms with Gasteiger partial charge in [-0.25, -0.2) is 9.37 Å². The summed E-state index contributed by atoms with van der Waals surface area (Å²) in [5, 5.41) is 7.67. The van der Waals surface area contributed by atoms with E-state index in [2.05, 4.69) is 56.1 Å². The summed E-state index contributed by atoms with van der Waals surface area (Å²) >= 11 is 7.12. The molecule has 0 aliphatic rings. The van der Waals surface area contributed by atoms with E-state index in [1.54, 1.807) is 30.3 Å². The molecule has 0 bridgehead atoms. The van der Waals surface area contributed by atoms with Gasteiger partial charge in [0.05, 0.1) is 35.3 Å². The predicted molar refractivity (Wildman–Crippen MR) is 193 cm³/mol. The van der Waals surface area contributed by atoms with Gasteiger partial charge in [0, 0.05) is 21.3 Å². The van der Waals surface area contributed by atoms with Gasteiger partial charge in [0.25, 0.3) is 11.5 Å². The van der Waals surface area contributed by atoms with Crippen molar-refractivity contribution in [2.75, 3.05) is 25.6 Å². The molecule has 0 saturated carbocycles. The maximum Gasteiger partial charge on any atom is 0.282 e. The van der Waals surface area contributed by atoms with Gasteiger partial charge in [0.1, 0.15) is 11.6 Å². The number of carbonyl (C=O) groups is 1. The number of hydrogen-bond donors (Lipinski definition) is 1. The van der Waals surface area contributed by atoms with Crippen molar-refractivity contribution in [2.45, 2.75) is 33.6 Å². The Morgan fingerprint density at radius 3 is 2.52 bits per heavy atom. The fourth-order valence-corrected chi connectivity index (χ4v) is 6.02. The Hall–Kier alpha value is -4.55. The highest BCUT2D eigenvalue weighted by atomic mass is 79.9. The van der Waals surface area contributed by atoms with Crippen LogP contribution >= 0.6 is 31.9 Å². The monoisotopic (exact) mass is 778 g/mol. The SMILES string of the molecule is CCOc1cc(C)c(-c2nc3ccccc3c(=O)n2N=Cc2cc(OC)c(OCC(=O)Nc3cccc(F)c3)c(Br)c2Br)cc1C(C)C. The van der Waals surface area contributed by atoms with Crippen LogP contribution in [0.4, 0.5) is 10.1 Å². The Morgan fingerprint density at radius 2 is 1.81 bits per heavy atom. The number of rotatable bonds is 11. The number of nitrogens with one attached hydrogen (secondary N) is 1. The van der Waals surface area contributed by atoms with Crippen LogP contribution < -0.4 is 25.1 Å². The van der Waals surface area contributed by atoms with Crippen molar-refractivity contribution in [3.05, 3.63) is 109 Å². The molecule has 1 N–H and O–H groups in total. The van der Waals surface area contributed by atoms with Crippen LogP contribution in [-0.2, 0) is 4.79 Å². The van der Waals surface area contributed by atoms with Gasteiger partial charge in [-0.1, -0.05) is 32.0 Å². The second-order valence-corrected chi connectivity index (χ2v) is 12.7. The molecule has 0 fully saturated rings. The first kappa shape index (κ1) is 34.8. The molecule has 5 aromatic rings. The van der Waals surface area contributed by atoms with E-state index in [9.17, 15) is 14.0 Å². The molecule has 248 valence electrons. The number of carbonyl (C=O) groups excluding carboxylic acids is 1. The molecule has 0 spiro atoms. The predicted octanol–water partition coefficient (Wildman–Crippen LogP) is 8.47. The van der Waals surface area contributed by atoms with Crippen molar-refractivity contribution in [3.8, 4) is 28.6 Å². The molecule has 1 aromatic heterocycles. The van der Waals surface area contributed by atoms with E-state index in [4.69, 9.17) is 19.2 Å². The van der Waals surface area contributed by atoms with Gasteiger partial charge in [0.2, 0.25) is 0 Å². The van der Waals surface area contributed by atoms with E-state index in [0.29, 0.717) is 49.3 Å². The van der Waals surface area contributed by atoms with Crippen LogP contribution in [0.1, 0.15) is 43.4 Å². The standard InChI is InChI=1S/C36H33Br2FN4O5/c1-6-47-29-14-21(4)27(17-26(29)20(2)3)35-42-28-13-8-7-12-25(28)36(45)43(35)40-18-22-15-30(46-5)34(33(38)32(22)37)48-19-31(44)41-24-11-9-10-23(39)16-24/h7-18,20H,6,19H2,1-5H3,(H,41,44). The lowest BCUT2D eigenvalue weighted by Crippen LogP contribution is -2.21. The lowest BCUT2D eigenvalue weighted by molar-refractivity contribution is -0.118. The molecule has 4 aromatic carbocycles. The molecule has 0 aliphatic carbocycles. The molecule has 1 amide bonds. The zero-order valence-corrected chi connectivity index (χ0v) is 30.1. The maximum absolute atomic E-state index is 13.9. The number of benzene rings is 4. The molecule has 0 saturated heterocycles. The highest BCUT2D eigenvalue weighted by Crippen LogP contribution is 2.42. The van der Waals surface area contributed by atoms with Crippen LogP contribution in [0.15, 0.2) is 85.6 Å². The average Bonchev–Trinajstić information content (AvgIpc) is 3.05. The van der Waals surface area contributed by atoms with E-state index in [1.807, 2.05) is 32.0 Å². The smallest absolute Gasteiger partial charge is 0.282 e. The zero-order valence-electron chi connectivity index (χ0n) is 26.9. The number of aromatic nitrogens is 2. The number of halogens is 3. The average molecular weight is 780 g/mol. The van der Waals surface area contributed by atoms with Crippen molar-refractivity contribution >= 4 is 60.6 Å². The number of hydrogen-bond acceptors (Lipinski definition) is 7. The minimum atomic E-state index is -0.489. The number of amides is 1. The van der Waals surface area contributed by atoms with E-state index in [-0.39, 0.29) is 23.8 Å². The molecule has 0 radical (unpaired) electrons. The van der Waals surface area contributed by atoms with Gasteiger partial charge < -0.3 is 19.5 Å². The fraction of sp³-hybridized carbons (Fsp3) is 0.222. The third-order valence-electron chi connectivity index (χ3n) is 7.42. The van der Waals surface area contributed by atoms with Crippen LogP contribution in [0, 0.1) is 12.7 Å². The van der Waals surface area contributed by atoms with Crippen LogP contribution in [0.5, 0.6) is 17.2 Å². The topological polar surface area (TPSA) is 104 Å². The van der Waals surface area contributed by atoms with Crippen molar-refractivity contribution in [1.29, 1.82) is 0 Å². The number of nitrogens with zero attached hydrogens (tertiary/aromatic N) is 3. The summed E-state index contributed by atoms with van der Waals surface area (Å²) in [5.74, 6) is 0.931. The lowest BCUT2D eigenvalue weighted by Gasteiger charge is -2.18. The van der Waals surface area contributed by atoms with Gasteiger partial charge in [0.15, 0.2) is 23.9 Å². The van der Waals surface area contributed by atoms with Gasteiger partial charge >= 0.3 is 0 Å².